The number of rotatable bonds is 6. The van der Waals surface area contributed by atoms with E-state index < -0.39 is 0 Å². The van der Waals surface area contributed by atoms with E-state index in [-0.39, 0.29) is 5.91 Å². The van der Waals surface area contributed by atoms with Crippen LogP contribution in [0.5, 0.6) is 5.75 Å². The van der Waals surface area contributed by atoms with Gasteiger partial charge in [0, 0.05) is 39.1 Å². The maximum Gasteiger partial charge on any atom is 0.217 e. The number of aliphatic imine (C=N–C) groups is 1. The molecule has 7 nitrogen and oxygen atoms in total. The number of carbonyl (C=O) groups is 1. The maximum atomic E-state index is 11.3. The van der Waals surface area contributed by atoms with E-state index in [2.05, 4.69) is 39.3 Å². The zero-order chi connectivity index (χ0) is 21.5. The van der Waals surface area contributed by atoms with Gasteiger partial charge in [-0.2, -0.15) is 0 Å². The van der Waals surface area contributed by atoms with Crippen LogP contribution in [0.3, 0.4) is 0 Å². The first-order chi connectivity index (χ1) is 14.5. The molecule has 0 aliphatic carbocycles. The average Bonchev–Trinajstić information content (AvgIpc) is 2.74. The minimum atomic E-state index is -0.211. The van der Waals surface area contributed by atoms with Crippen LogP contribution in [-0.4, -0.2) is 69.1 Å². The van der Waals surface area contributed by atoms with Gasteiger partial charge in [-0.25, -0.2) is 0 Å². The number of ether oxygens (including phenoxy) is 1. The molecule has 3 unspecified atom stereocenters. The van der Waals surface area contributed by atoms with Gasteiger partial charge in [0.15, 0.2) is 5.96 Å². The smallest absolute Gasteiger partial charge is 0.217 e. The highest BCUT2D eigenvalue weighted by molar-refractivity contribution is 5.80. The maximum absolute atomic E-state index is 11.3. The van der Waals surface area contributed by atoms with Crippen LogP contribution in [0, 0.1) is 11.8 Å². The number of nitrogens with one attached hydrogen (secondary N) is 1. The van der Waals surface area contributed by atoms with Crippen molar-refractivity contribution in [1.82, 2.24) is 15.1 Å². The lowest BCUT2D eigenvalue weighted by Gasteiger charge is -2.41. The first kappa shape index (κ1) is 22.4. The van der Waals surface area contributed by atoms with Gasteiger partial charge in [-0.3, -0.25) is 14.7 Å². The van der Waals surface area contributed by atoms with Crippen LogP contribution in [0.4, 0.5) is 0 Å². The number of likely N-dealkylation sites (tertiary alicyclic amines) is 2. The molecule has 7 heteroatoms. The minimum Gasteiger partial charge on any atom is -0.497 e. The molecule has 1 aromatic carbocycles. The standard InChI is InChI=1S/C23H37N5O2/c1-25-23(28-13-4-6-17(16-28)14-21(24)29)26-15-19-7-5-12-27(2)22(19)18-8-10-20(30-3)11-9-18/h8-11,17,19,22H,4-7,12-16H2,1-3H3,(H2,24,29)(H,25,26). The molecule has 2 aliphatic heterocycles. The Morgan fingerprint density at radius 1 is 1.23 bits per heavy atom. The molecule has 2 saturated heterocycles. The van der Waals surface area contributed by atoms with Gasteiger partial charge in [-0.15, -0.1) is 0 Å². The number of piperidine rings is 2. The molecule has 3 rings (SSSR count). The molecule has 2 aliphatic rings. The van der Waals surface area contributed by atoms with Crippen molar-refractivity contribution in [3.8, 4) is 5.75 Å². The summed E-state index contributed by atoms with van der Waals surface area (Å²) in [5, 5.41) is 3.63. The van der Waals surface area contributed by atoms with Gasteiger partial charge in [0.05, 0.1) is 7.11 Å². The van der Waals surface area contributed by atoms with Gasteiger partial charge >= 0.3 is 0 Å². The summed E-state index contributed by atoms with van der Waals surface area (Å²) in [5.74, 6) is 2.44. The Hall–Kier alpha value is -2.28. The van der Waals surface area contributed by atoms with E-state index in [0.29, 0.717) is 24.3 Å². The second-order valence-electron chi connectivity index (χ2n) is 8.65. The van der Waals surface area contributed by atoms with Crippen molar-refractivity contribution in [2.75, 3.05) is 47.4 Å². The summed E-state index contributed by atoms with van der Waals surface area (Å²) in [6.45, 7) is 3.81. The number of guanidine groups is 1. The highest BCUT2D eigenvalue weighted by atomic mass is 16.5. The second kappa shape index (κ2) is 10.7. The third-order valence-corrected chi connectivity index (χ3v) is 6.51. The van der Waals surface area contributed by atoms with Crippen LogP contribution in [0.15, 0.2) is 29.3 Å². The number of hydrogen-bond donors (Lipinski definition) is 2. The molecule has 166 valence electrons. The summed E-state index contributed by atoms with van der Waals surface area (Å²) < 4.78 is 5.33. The molecule has 1 aromatic rings. The Morgan fingerprint density at radius 3 is 2.63 bits per heavy atom. The van der Waals surface area contributed by atoms with Crippen LogP contribution in [0.25, 0.3) is 0 Å². The molecular weight excluding hydrogens is 378 g/mol. The number of nitrogens with zero attached hydrogens (tertiary/aromatic N) is 3. The second-order valence-corrected chi connectivity index (χ2v) is 8.65. The fourth-order valence-corrected chi connectivity index (χ4v) is 5.06. The molecule has 0 radical (unpaired) electrons. The lowest BCUT2D eigenvalue weighted by Crippen LogP contribution is -2.49. The Labute approximate surface area is 180 Å². The van der Waals surface area contributed by atoms with E-state index in [1.54, 1.807) is 7.11 Å². The van der Waals surface area contributed by atoms with Gasteiger partial charge in [0.1, 0.15) is 5.75 Å². The molecule has 1 amide bonds. The first-order valence-corrected chi connectivity index (χ1v) is 11.1. The molecule has 2 heterocycles. The Kier molecular flexibility index (Phi) is 7.96. The summed E-state index contributed by atoms with van der Waals surface area (Å²) in [4.78, 5) is 20.6. The molecule has 30 heavy (non-hydrogen) atoms. The number of amides is 1. The molecule has 0 spiro atoms. The van der Waals surface area contributed by atoms with E-state index in [0.717, 1.165) is 50.7 Å². The van der Waals surface area contributed by atoms with E-state index >= 15 is 0 Å². The Balaban J connectivity index is 1.64. The number of primary amides is 1. The van der Waals surface area contributed by atoms with Crippen LogP contribution in [-0.2, 0) is 4.79 Å². The Bertz CT molecular complexity index is 721. The van der Waals surface area contributed by atoms with Crippen molar-refractivity contribution in [1.29, 1.82) is 0 Å². The van der Waals surface area contributed by atoms with Crippen molar-refractivity contribution in [2.45, 2.75) is 38.1 Å². The summed E-state index contributed by atoms with van der Waals surface area (Å²) in [7, 11) is 5.76. The van der Waals surface area contributed by atoms with Crippen LogP contribution < -0.4 is 15.8 Å². The number of methoxy groups -OCH3 is 1. The highest BCUT2D eigenvalue weighted by Gasteiger charge is 2.31. The van der Waals surface area contributed by atoms with E-state index in [4.69, 9.17) is 10.5 Å². The third kappa shape index (κ3) is 5.65. The van der Waals surface area contributed by atoms with Gasteiger partial charge in [0.2, 0.25) is 5.91 Å². The lowest BCUT2D eigenvalue weighted by atomic mass is 9.85. The third-order valence-electron chi connectivity index (χ3n) is 6.51. The van der Waals surface area contributed by atoms with E-state index in [9.17, 15) is 4.79 Å². The number of nitrogens with two attached hydrogens (primary N) is 1. The number of hydrogen-bond acceptors (Lipinski definition) is 4. The first-order valence-electron chi connectivity index (χ1n) is 11.1. The largest absolute Gasteiger partial charge is 0.497 e. The lowest BCUT2D eigenvalue weighted by molar-refractivity contribution is -0.119. The van der Waals surface area contributed by atoms with Crippen LogP contribution in [0.2, 0.25) is 0 Å². The average molecular weight is 416 g/mol. The fraction of sp³-hybridized carbons (Fsp3) is 0.652. The summed E-state index contributed by atoms with van der Waals surface area (Å²) in [5.41, 5.74) is 6.75. The highest BCUT2D eigenvalue weighted by Crippen LogP contribution is 2.35. The van der Waals surface area contributed by atoms with E-state index in [1.807, 2.05) is 19.2 Å². The molecule has 0 bridgehead atoms. The predicted molar refractivity (Wildman–Crippen MR) is 121 cm³/mol. The zero-order valence-corrected chi connectivity index (χ0v) is 18.6. The summed E-state index contributed by atoms with van der Waals surface area (Å²) >= 11 is 0. The number of benzene rings is 1. The van der Waals surface area contributed by atoms with Gasteiger partial charge in [0.25, 0.3) is 0 Å². The van der Waals surface area contributed by atoms with E-state index in [1.165, 1.54) is 18.4 Å². The van der Waals surface area contributed by atoms with Crippen LogP contribution >= 0.6 is 0 Å². The van der Waals surface area contributed by atoms with Crippen LogP contribution in [0.1, 0.15) is 43.7 Å². The monoisotopic (exact) mass is 415 g/mol. The molecule has 2 fully saturated rings. The predicted octanol–water partition coefficient (Wildman–Crippen LogP) is 2.24. The normalized spacial score (nSPS) is 25.8. The molecular formula is C23H37N5O2. The van der Waals surface area contributed by atoms with Crippen molar-refractivity contribution < 1.29 is 9.53 Å². The SMILES string of the molecule is CN=C(NCC1CCCN(C)C1c1ccc(OC)cc1)N1CCCC(CC(N)=O)C1. The van der Waals surface area contributed by atoms with Crippen molar-refractivity contribution in [3.05, 3.63) is 29.8 Å². The molecule has 3 atom stereocenters. The minimum absolute atomic E-state index is 0.211. The molecule has 0 aromatic heterocycles. The van der Waals surface area contributed by atoms with Crippen molar-refractivity contribution in [3.63, 3.8) is 0 Å². The molecule has 3 N–H and O–H groups in total. The summed E-state index contributed by atoms with van der Waals surface area (Å²) in [6.07, 6.45) is 4.98. The van der Waals surface area contributed by atoms with Gasteiger partial charge in [-0.05, 0) is 68.8 Å². The van der Waals surface area contributed by atoms with Crippen molar-refractivity contribution >= 4 is 11.9 Å². The zero-order valence-electron chi connectivity index (χ0n) is 18.6. The number of carbonyl (C=O) groups excluding carboxylic acids is 1. The topological polar surface area (TPSA) is 83.2 Å². The summed E-state index contributed by atoms with van der Waals surface area (Å²) in [6, 6.07) is 8.85. The Morgan fingerprint density at radius 2 is 1.97 bits per heavy atom. The van der Waals surface area contributed by atoms with Gasteiger partial charge in [-0.1, -0.05) is 12.1 Å². The van der Waals surface area contributed by atoms with Gasteiger partial charge < -0.3 is 20.7 Å². The fourth-order valence-electron chi connectivity index (χ4n) is 5.06. The quantitative estimate of drug-likeness (QED) is 0.550. The van der Waals surface area contributed by atoms with Crippen molar-refractivity contribution in [2.24, 2.45) is 22.6 Å². The molecule has 0 saturated carbocycles.